The van der Waals surface area contributed by atoms with Crippen molar-refractivity contribution in [3.05, 3.63) is 42.9 Å². The van der Waals surface area contributed by atoms with E-state index < -0.39 is 0 Å². The summed E-state index contributed by atoms with van der Waals surface area (Å²) in [4.78, 5) is 17.6. The molecule has 0 aliphatic carbocycles. The van der Waals surface area contributed by atoms with Crippen LogP contribution in [-0.4, -0.2) is 58.6 Å². The first kappa shape index (κ1) is 14.7. The minimum atomic E-state index is 0.323. The van der Waals surface area contributed by atoms with Crippen molar-refractivity contribution in [1.82, 2.24) is 19.9 Å². The maximum absolute atomic E-state index is 4.42. The summed E-state index contributed by atoms with van der Waals surface area (Å²) in [5.74, 6) is 1.77. The van der Waals surface area contributed by atoms with Crippen molar-refractivity contribution in [3.8, 4) is 0 Å². The molecular formula is C16H22N6. The molecule has 0 aromatic carbocycles. The predicted molar refractivity (Wildman–Crippen MR) is 88.0 cm³/mol. The van der Waals surface area contributed by atoms with Crippen LogP contribution in [-0.2, 0) is 0 Å². The van der Waals surface area contributed by atoms with Crippen LogP contribution in [0.15, 0.2) is 42.9 Å². The average molecular weight is 298 g/mol. The second kappa shape index (κ2) is 7.17. The Kier molecular flexibility index (Phi) is 4.80. The van der Waals surface area contributed by atoms with E-state index in [1.165, 1.54) is 0 Å². The van der Waals surface area contributed by atoms with Crippen LogP contribution in [0.2, 0.25) is 0 Å². The first-order chi connectivity index (χ1) is 10.8. The van der Waals surface area contributed by atoms with Gasteiger partial charge in [-0.05, 0) is 25.1 Å². The summed E-state index contributed by atoms with van der Waals surface area (Å²) in [6, 6.07) is 8.22. The SMILES string of the molecule is CC(CN1CCN(c2ccccn2)CC1)Nc1ncccn1. The van der Waals surface area contributed by atoms with Crippen LogP contribution in [0.3, 0.4) is 0 Å². The fourth-order valence-electron chi connectivity index (χ4n) is 2.73. The van der Waals surface area contributed by atoms with Gasteiger partial charge in [0.25, 0.3) is 0 Å². The summed E-state index contributed by atoms with van der Waals surface area (Å²) < 4.78 is 0. The molecule has 116 valence electrons. The van der Waals surface area contributed by atoms with Crippen LogP contribution in [0, 0.1) is 0 Å². The van der Waals surface area contributed by atoms with Gasteiger partial charge in [0.2, 0.25) is 5.95 Å². The Labute approximate surface area is 131 Å². The third kappa shape index (κ3) is 3.92. The molecule has 0 radical (unpaired) electrons. The van der Waals surface area contributed by atoms with Crippen molar-refractivity contribution in [2.75, 3.05) is 42.9 Å². The first-order valence-corrected chi connectivity index (χ1v) is 7.73. The second-order valence-corrected chi connectivity index (χ2v) is 5.59. The van der Waals surface area contributed by atoms with Crippen LogP contribution in [0.1, 0.15) is 6.92 Å². The molecule has 0 amide bonds. The lowest BCUT2D eigenvalue weighted by Crippen LogP contribution is -2.49. The number of nitrogens with zero attached hydrogens (tertiary/aromatic N) is 5. The number of hydrogen-bond acceptors (Lipinski definition) is 6. The van der Waals surface area contributed by atoms with E-state index in [1.807, 2.05) is 24.4 Å². The largest absolute Gasteiger partial charge is 0.354 e. The topological polar surface area (TPSA) is 57.2 Å². The highest BCUT2D eigenvalue weighted by molar-refractivity contribution is 5.38. The highest BCUT2D eigenvalue weighted by atomic mass is 15.3. The van der Waals surface area contributed by atoms with Gasteiger partial charge in [-0.15, -0.1) is 0 Å². The molecule has 0 bridgehead atoms. The van der Waals surface area contributed by atoms with E-state index in [4.69, 9.17) is 0 Å². The zero-order valence-electron chi connectivity index (χ0n) is 12.9. The fraction of sp³-hybridized carbons (Fsp3) is 0.438. The number of rotatable bonds is 5. The molecule has 1 unspecified atom stereocenters. The van der Waals surface area contributed by atoms with E-state index in [9.17, 15) is 0 Å². The van der Waals surface area contributed by atoms with Gasteiger partial charge in [0, 0.05) is 57.4 Å². The van der Waals surface area contributed by atoms with Crippen molar-refractivity contribution in [2.45, 2.75) is 13.0 Å². The number of pyridine rings is 1. The standard InChI is InChI=1S/C16H22N6/c1-14(20-16-18-7-4-8-19-16)13-21-9-11-22(12-10-21)15-5-2-3-6-17-15/h2-8,14H,9-13H2,1H3,(H,18,19,20). The summed E-state index contributed by atoms with van der Waals surface area (Å²) in [6.45, 7) is 7.31. The van der Waals surface area contributed by atoms with Crippen molar-refractivity contribution in [1.29, 1.82) is 0 Å². The van der Waals surface area contributed by atoms with E-state index >= 15 is 0 Å². The van der Waals surface area contributed by atoms with E-state index in [0.717, 1.165) is 38.5 Å². The van der Waals surface area contributed by atoms with Gasteiger partial charge in [-0.25, -0.2) is 15.0 Å². The highest BCUT2D eigenvalue weighted by Gasteiger charge is 2.19. The van der Waals surface area contributed by atoms with Gasteiger partial charge < -0.3 is 10.2 Å². The Morgan fingerprint density at radius 2 is 1.73 bits per heavy atom. The minimum Gasteiger partial charge on any atom is -0.354 e. The molecule has 1 N–H and O–H groups in total. The quantitative estimate of drug-likeness (QED) is 0.902. The number of hydrogen-bond donors (Lipinski definition) is 1. The maximum Gasteiger partial charge on any atom is 0.222 e. The lowest BCUT2D eigenvalue weighted by atomic mass is 10.2. The van der Waals surface area contributed by atoms with Crippen LogP contribution in [0.5, 0.6) is 0 Å². The summed E-state index contributed by atoms with van der Waals surface area (Å²) in [6.07, 6.45) is 5.37. The van der Waals surface area contributed by atoms with Crippen LogP contribution in [0.25, 0.3) is 0 Å². The van der Waals surface area contributed by atoms with Crippen molar-refractivity contribution < 1.29 is 0 Å². The van der Waals surface area contributed by atoms with Gasteiger partial charge in [-0.2, -0.15) is 0 Å². The molecule has 6 heteroatoms. The molecule has 1 fully saturated rings. The van der Waals surface area contributed by atoms with Gasteiger partial charge >= 0.3 is 0 Å². The lowest BCUT2D eigenvalue weighted by molar-refractivity contribution is 0.250. The third-order valence-electron chi connectivity index (χ3n) is 3.82. The molecule has 6 nitrogen and oxygen atoms in total. The maximum atomic E-state index is 4.42. The Bertz CT molecular complexity index is 553. The van der Waals surface area contributed by atoms with E-state index in [0.29, 0.717) is 12.0 Å². The van der Waals surface area contributed by atoms with Gasteiger partial charge in [-0.3, -0.25) is 4.90 Å². The van der Waals surface area contributed by atoms with Crippen molar-refractivity contribution in [2.24, 2.45) is 0 Å². The molecular weight excluding hydrogens is 276 g/mol. The lowest BCUT2D eigenvalue weighted by Gasteiger charge is -2.36. The van der Waals surface area contributed by atoms with Crippen LogP contribution < -0.4 is 10.2 Å². The molecule has 1 atom stereocenters. The number of aromatic nitrogens is 3. The van der Waals surface area contributed by atoms with Crippen molar-refractivity contribution in [3.63, 3.8) is 0 Å². The Balaban J connectivity index is 1.46. The smallest absolute Gasteiger partial charge is 0.222 e. The minimum absolute atomic E-state index is 0.323. The average Bonchev–Trinajstić information content (AvgIpc) is 2.57. The summed E-state index contributed by atoms with van der Waals surface area (Å²) in [5.41, 5.74) is 0. The number of piperazine rings is 1. The summed E-state index contributed by atoms with van der Waals surface area (Å²) in [5, 5.41) is 3.34. The fourth-order valence-corrected chi connectivity index (χ4v) is 2.73. The monoisotopic (exact) mass is 298 g/mol. The third-order valence-corrected chi connectivity index (χ3v) is 3.82. The summed E-state index contributed by atoms with van der Waals surface area (Å²) >= 11 is 0. The Morgan fingerprint density at radius 3 is 2.41 bits per heavy atom. The molecule has 0 saturated carbocycles. The van der Waals surface area contributed by atoms with Crippen molar-refractivity contribution >= 4 is 11.8 Å². The molecule has 2 aromatic rings. The second-order valence-electron chi connectivity index (χ2n) is 5.59. The normalized spacial score (nSPS) is 17.2. The van der Waals surface area contributed by atoms with Gasteiger partial charge in [0.15, 0.2) is 0 Å². The van der Waals surface area contributed by atoms with E-state index in [1.54, 1.807) is 12.4 Å². The molecule has 1 aliphatic heterocycles. The number of anilines is 2. The first-order valence-electron chi connectivity index (χ1n) is 7.73. The Hall–Kier alpha value is -2.21. The molecule has 22 heavy (non-hydrogen) atoms. The van der Waals surface area contributed by atoms with Gasteiger partial charge in [0.05, 0.1) is 0 Å². The van der Waals surface area contributed by atoms with E-state index in [2.05, 4.69) is 43.1 Å². The van der Waals surface area contributed by atoms with Gasteiger partial charge in [-0.1, -0.05) is 6.07 Å². The molecule has 1 aliphatic rings. The number of nitrogens with one attached hydrogen (secondary N) is 1. The molecule has 1 saturated heterocycles. The molecule has 3 rings (SSSR count). The predicted octanol–water partition coefficient (Wildman–Crippen LogP) is 1.49. The Morgan fingerprint density at radius 1 is 1.00 bits per heavy atom. The molecule has 3 heterocycles. The molecule has 0 spiro atoms. The summed E-state index contributed by atoms with van der Waals surface area (Å²) in [7, 11) is 0. The zero-order chi connectivity index (χ0) is 15.2. The van der Waals surface area contributed by atoms with E-state index in [-0.39, 0.29) is 0 Å². The zero-order valence-corrected chi connectivity index (χ0v) is 12.9. The van der Waals surface area contributed by atoms with Gasteiger partial charge in [0.1, 0.15) is 5.82 Å². The van der Waals surface area contributed by atoms with Crippen LogP contribution in [0.4, 0.5) is 11.8 Å². The molecule has 2 aromatic heterocycles. The van der Waals surface area contributed by atoms with Crippen LogP contribution >= 0.6 is 0 Å². The highest BCUT2D eigenvalue weighted by Crippen LogP contribution is 2.13.